The molecule has 1 N–H and O–H groups in total. The summed E-state index contributed by atoms with van der Waals surface area (Å²) in [7, 11) is 7.21. The topological polar surface area (TPSA) is 66.9 Å². The first-order valence-electron chi connectivity index (χ1n) is 9.36. The highest BCUT2D eigenvalue weighted by Crippen LogP contribution is 2.31. The second-order valence-corrected chi connectivity index (χ2v) is 7.24. The van der Waals surface area contributed by atoms with E-state index in [0.29, 0.717) is 23.6 Å². The van der Waals surface area contributed by atoms with Gasteiger partial charge in [-0.05, 0) is 38.4 Å². The van der Waals surface area contributed by atoms with Crippen LogP contribution in [0.4, 0.5) is 5.82 Å². The zero-order chi connectivity index (χ0) is 20.1. The smallest absolute Gasteiger partial charge is 0.255 e. The Morgan fingerprint density at radius 2 is 2.00 bits per heavy atom. The summed E-state index contributed by atoms with van der Waals surface area (Å²) in [5, 5.41) is 3.21. The van der Waals surface area contributed by atoms with E-state index in [1.165, 1.54) is 0 Å². The molecule has 1 aromatic carbocycles. The highest BCUT2D eigenvalue weighted by molar-refractivity contribution is 5.98. The molecule has 1 fully saturated rings. The first kappa shape index (κ1) is 19.9. The number of methoxy groups -OCH3 is 2. The molecule has 0 unspecified atom stereocenters. The van der Waals surface area contributed by atoms with Gasteiger partial charge in [0.1, 0.15) is 5.82 Å². The van der Waals surface area contributed by atoms with Gasteiger partial charge in [0.15, 0.2) is 11.5 Å². The van der Waals surface area contributed by atoms with Crippen molar-refractivity contribution in [3.63, 3.8) is 0 Å². The van der Waals surface area contributed by atoms with Crippen molar-refractivity contribution in [2.75, 3.05) is 52.8 Å². The monoisotopic (exact) mass is 384 g/mol. The second kappa shape index (κ2) is 8.93. The number of ether oxygens (including phenoxy) is 2. The van der Waals surface area contributed by atoms with E-state index < -0.39 is 0 Å². The average Bonchev–Trinajstić information content (AvgIpc) is 3.09. The van der Waals surface area contributed by atoms with Gasteiger partial charge in [-0.3, -0.25) is 4.79 Å². The third kappa shape index (κ3) is 4.36. The lowest BCUT2D eigenvalue weighted by Gasteiger charge is -2.23. The Morgan fingerprint density at radius 3 is 2.64 bits per heavy atom. The van der Waals surface area contributed by atoms with Gasteiger partial charge >= 0.3 is 0 Å². The number of nitrogens with zero attached hydrogens (tertiary/aromatic N) is 3. The summed E-state index contributed by atoms with van der Waals surface area (Å²) in [4.78, 5) is 21.9. The molecule has 3 rings (SSSR count). The van der Waals surface area contributed by atoms with E-state index in [1.807, 2.05) is 32.3 Å². The Balaban J connectivity index is 1.80. The van der Waals surface area contributed by atoms with E-state index in [4.69, 9.17) is 9.47 Å². The van der Waals surface area contributed by atoms with Gasteiger partial charge in [0.05, 0.1) is 25.8 Å². The number of aromatic nitrogens is 1. The Kier molecular flexibility index (Phi) is 6.36. The van der Waals surface area contributed by atoms with Crippen LogP contribution in [0.15, 0.2) is 42.6 Å². The minimum Gasteiger partial charge on any atom is -0.493 e. The van der Waals surface area contributed by atoms with Gasteiger partial charge in [0.25, 0.3) is 5.91 Å². The molecular formula is C21H28N4O3. The summed E-state index contributed by atoms with van der Waals surface area (Å²) in [6.07, 6.45) is 1.79. The molecule has 0 spiro atoms. The average molecular weight is 384 g/mol. The molecule has 150 valence electrons. The van der Waals surface area contributed by atoms with Crippen molar-refractivity contribution in [3.8, 4) is 11.5 Å². The van der Waals surface area contributed by atoms with Crippen LogP contribution in [0, 0.1) is 5.92 Å². The molecule has 2 heterocycles. The number of pyridine rings is 1. The molecule has 1 amide bonds. The van der Waals surface area contributed by atoms with Crippen molar-refractivity contribution >= 4 is 11.7 Å². The molecule has 0 saturated carbocycles. The number of para-hydroxylation sites is 1. The number of carbonyl (C=O) groups excluding carboxylic acids is 1. The van der Waals surface area contributed by atoms with Gasteiger partial charge in [-0.15, -0.1) is 0 Å². The minimum absolute atomic E-state index is 0.00723. The van der Waals surface area contributed by atoms with Crippen LogP contribution >= 0.6 is 0 Å². The molecule has 0 radical (unpaired) electrons. The van der Waals surface area contributed by atoms with Crippen molar-refractivity contribution in [2.24, 2.45) is 5.92 Å². The molecule has 7 heteroatoms. The predicted molar refractivity (Wildman–Crippen MR) is 109 cm³/mol. The van der Waals surface area contributed by atoms with Crippen molar-refractivity contribution in [3.05, 3.63) is 48.2 Å². The van der Waals surface area contributed by atoms with Crippen molar-refractivity contribution < 1.29 is 14.3 Å². The van der Waals surface area contributed by atoms with Gasteiger partial charge in [0.2, 0.25) is 0 Å². The van der Waals surface area contributed by atoms with E-state index in [0.717, 1.165) is 18.9 Å². The number of carbonyl (C=O) groups is 1. The highest BCUT2D eigenvalue weighted by Gasteiger charge is 2.35. The fourth-order valence-corrected chi connectivity index (χ4v) is 3.73. The van der Waals surface area contributed by atoms with E-state index in [-0.39, 0.29) is 17.9 Å². The van der Waals surface area contributed by atoms with E-state index in [2.05, 4.69) is 20.1 Å². The molecule has 0 aliphatic carbocycles. The second-order valence-electron chi connectivity index (χ2n) is 7.24. The molecule has 2 atom stereocenters. The van der Waals surface area contributed by atoms with Crippen LogP contribution in [0.5, 0.6) is 11.5 Å². The van der Waals surface area contributed by atoms with Crippen molar-refractivity contribution in [1.82, 2.24) is 15.2 Å². The SMILES string of the molecule is COc1cccc(C(=O)N[C@@H]2CN(c3ccccn3)C[C@H]2CN(C)C)c1OC. The molecule has 7 nitrogen and oxygen atoms in total. The molecule has 1 aliphatic heterocycles. The molecule has 2 aromatic rings. The van der Waals surface area contributed by atoms with Crippen molar-refractivity contribution in [1.29, 1.82) is 0 Å². The maximum atomic E-state index is 13.0. The Bertz CT molecular complexity index is 797. The Labute approximate surface area is 166 Å². The number of hydrogen-bond donors (Lipinski definition) is 1. The van der Waals surface area contributed by atoms with Crippen LogP contribution in [0.3, 0.4) is 0 Å². The molecular weight excluding hydrogens is 356 g/mol. The maximum Gasteiger partial charge on any atom is 0.255 e. The summed E-state index contributed by atoms with van der Waals surface area (Å²) >= 11 is 0. The zero-order valence-electron chi connectivity index (χ0n) is 16.9. The number of hydrogen-bond acceptors (Lipinski definition) is 6. The fraction of sp³-hybridized carbons (Fsp3) is 0.429. The molecule has 1 aliphatic rings. The maximum absolute atomic E-state index is 13.0. The van der Waals surface area contributed by atoms with Gasteiger partial charge < -0.3 is 24.6 Å². The molecule has 0 bridgehead atoms. The number of anilines is 1. The van der Waals surface area contributed by atoms with Gasteiger partial charge in [-0.1, -0.05) is 12.1 Å². The standard InChI is InChI=1S/C21H28N4O3/c1-24(2)12-15-13-25(19-10-5-6-11-22-19)14-17(15)23-21(26)16-8-7-9-18(27-3)20(16)28-4/h5-11,15,17H,12-14H2,1-4H3,(H,23,26)/t15-,17-/m1/s1. The molecule has 28 heavy (non-hydrogen) atoms. The first-order chi connectivity index (χ1) is 13.5. The van der Waals surface area contributed by atoms with E-state index >= 15 is 0 Å². The van der Waals surface area contributed by atoms with Crippen LogP contribution in [-0.2, 0) is 0 Å². The Hall–Kier alpha value is -2.80. The first-order valence-corrected chi connectivity index (χ1v) is 9.36. The summed E-state index contributed by atoms with van der Waals surface area (Å²) in [6, 6.07) is 11.2. The zero-order valence-corrected chi connectivity index (χ0v) is 16.9. The third-order valence-electron chi connectivity index (χ3n) is 4.98. The quantitative estimate of drug-likeness (QED) is 0.787. The summed E-state index contributed by atoms with van der Waals surface area (Å²) < 4.78 is 10.7. The van der Waals surface area contributed by atoms with Gasteiger partial charge in [0, 0.05) is 31.7 Å². The van der Waals surface area contributed by atoms with Crippen LogP contribution in [-0.4, -0.2) is 69.8 Å². The van der Waals surface area contributed by atoms with Gasteiger partial charge in [-0.2, -0.15) is 0 Å². The summed E-state index contributed by atoms with van der Waals surface area (Å²) in [5.41, 5.74) is 0.474. The number of nitrogens with one attached hydrogen (secondary N) is 1. The lowest BCUT2D eigenvalue weighted by Crippen LogP contribution is -2.43. The van der Waals surface area contributed by atoms with Crippen LogP contribution in [0.2, 0.25) is 0 Å². The predicted octanol–water partition coefficient (Wildman–Crippen LogP) is 1.90. The number of rotatable bonds is 7. The normalized spacial score (nSPS) is 19.0. The fourth-order valence-electron chi connectivity index (χ4n) is 3.73. The Morgan fingerprint density at radius 1 is 1.18 bits per heavy atom. The number of amides is 1. The van der Waals surface area contributed by atoms with E-state index in [1.54, 1.807) is 38.6 Å². The minimum atomic E-state index is -0.160. The summed E-state index contributed by atoms with van der Waals surface area (Å²) in [6.45, 7) is 2.44. The van der Waals surface area contributed by atoms with Crippen LogP contribution < -0.4 is 19.7 Å². The third-order valence-corrected chi connectivity index (χ3v) is 4.98. The summed E-state index contributed by atoms with van der Waals surface area (Å²) in [5.74, 6) is 2.06. The molecule has 1 aromatic heterocycles. The highest BCUT2D eigenvalue weighted by atomic mass is 16.5. The van der Waals surface area contributed by atoms with E-state index in [9.17, 15) is 4.79 Å². The molecule has 1 saturated heterocycles. The van der Waals surface area contributed by atoms with Crippen LogP contribution in [0.25, 0.3) is 0 Å². The van der Waals surface area contributed by atoms with Crippen LogP contribution in [0.1, 0.15) is 10.4 Å². The lowest BCUT2D eigenvalue weighted by atomic mass is 10.0. The van der Waals surface area contributed by atoms with Gasteiger partial charge in [-0.25, -0.2) is 4.98 Å². The largest absolute Gasteiger partial charge is 0.493 e. The lowest BCUT2D eigenvalue weighted by molar-refractivity contribution is 0.0924. The number of benzene rings is 1. The van der Waals surface area contributed by atoms with Crippen molar-refractivity contribution in [2.45, 2.75) is 6.04 Å².